The van der Waals surface area contributed by atoms with Gasteiger partial charge in [0.15, 0.2) is 0 Å². The minimum absolute atomic E-state index is 0.294. The van der Waals surface area contributed by atoms with Crippen LogP contribution in [-0.4, -0.2) is 11.9 Å². The molecule has 1 saturated carbocycles. The highest BCUT2D eigenvalue weighted by Crippen LogP contribution is 2.51. The van der Waals surface area contributed by atoms with Gasteiger partial charge in [0.25, 0.3) is 0 Å². The molecule has 1 spiro atoms. The Morgan fingerprint density at radius 3 is 2.81 bits per heavy atom. The molecule has 0 aromatic heterocycles. The molecule has 2 heteroatoms. The van der Waals surface area contributed by atoms with Crippen LogP contribution in [0.15, 0.2) is 0 Å². The van der Waals surface area contributed by atoms with E-state index in [4.69, 9.17) is 0 Å². The van der Waals surface area contributed by atoms with E-state index < -0.39 is 0 Å². The monoisotopic (exact) mass is 223 g/mol. The van der Waals surface area contributed by atoms with Crippen LogP contribution < -0.4 is 5.32 Å². The van der Waals surface area contributed by atoms with Gasteiger partial charge in [0.2, 0.25) is 5.91 Å². The zero-order valence-corrected chi connectivity index (χ0v) is 10.9. The molecule has 3 atom stereocenters. The van der Waals surface area contributed by atoms with E-state index in [1.54, 1.807) is 0 Å². The Morgan fingerprint density at radius 2 is 2.25 bits per heavy atom. The lowest BCUT2D eigenvalue weighted by Crippen LogP contribution is -2.36. The summed E-state index contributed by atoms with van der Waals surface area (Å²) in [4.78, 5) is 11.7. The molecule has 92 valence electrons. The first-order chi connectivity index (χ1) is 7.55. The Kier molecular flexibility index (Phi) is 3.27. The number of amides is 1. The maximum Gasteiger partial charge on any atom is 0.220 e. The van der Waals surface area contributed by atoms with E-state index in [2.05, 4.69) is 26.1 Å². The highest BCUT2D eigenvalue weighted by molar-refractivity contribution is 5.80. The van der Waals surface area contributed by atoms with Crippen molar-refractivity contribution in [2.24, 2.45) is 17.3 Å². The number of hydrogen-bond acceptors (Lipinski definition) is 1. The van der Waals surface area contributed by atoms with Crippen molar-refractivity contribution in [3.8, 4) is 0 Å². The van der Waals surface area contributed by atoms with Gasteiger partial charge in [-0.05, 0) is 42.9 Å². The molecule has 2 aliphatic rings. The Bertz CT molecular complexity index is 274. The highest BCUT2D eigenvalue weighted by Gasteiger charge is 2.50. The summed E-state index contributed by atoms with van der Waals surface area (Å²) in [5.74, 6) is 1.84. The second-order valence-corrected chi connectivity index (χ2v) is 6.31. The van der Waals surface area contributed by atoms with Crippen molar-refractivity contribution in [2.75, 3.05) is 0 Å². The fourth-order valence-electron chi connectivity index (χ4n) is 3.72. The van der Waals surface area contributed by atoms with Crippen LogP contribution >= 0.6 is 0 Å². The van der Waals surface area contributed by atoms with Crippen LogP contribution in [0.4, 0.5) is 0 Å². The van der Waals surface area contributed by atoms with Gasteiger partial charge < -0.3 is 5.32 Å². The van der Waals surface area contributed by atoms with E-state index in [1.807, 2.05) is 0 Å². The van der Waals surface area contributed by atoms with Gasteiger partial charge >= 0.3 is 0 Å². The SMILES string of the molecule is CCC1CCC2(CC(=O)NC2CC(C)C)C1. The molecule has 2 rings (SSSR count). The van der Waals surface area contributed by atoms with Crippen molar-refractivity contribution in [2.45, 2.75) is 65.3 Å². The number of rotatable bonds is 3. The first kappa shape index (κ1) is 11.9. The summed E-state index contributed by atoms with van der Waals surface area (Å²) in [6.45, 7) is 6.79. The molecule has 2 nitrogen and oxygen atoms in total. The molecular weight excluding hydrogens is 198 g/mol. The molecule has 0 aromatic rings. The van der Waals surface area contributed by atoms with Gasteiger partial charge in [-0.2, -0.15) is 0 Å². The number of carbonyl (C=O) groups excluding carboxylic acids is 1. The van der Waals surface area contributed by atoms with Crippen molar-refractivity contribution in [1.82, 2.24) is 5.32 Å². The lowest BCUT2D eigenvalue weighted by molar-refractivity contribution is -0.119. The molecule has 1 heterocycles. The largest absolute Gasteiger partial charge is 0.353 e. The van der Waals surface area contributed by atoms with Gasteiger partial charge in [0.05, 0.1) is 0 Å². The van der Waals surface area contributed by atoms with Gasteiger partial charge in [-0.1, -0.05) is 27.2 Å². The summed E-state index contributed by atoms with van der Waals surface area (Å²) in [6, 6.07) is 0.455. The van der Waals surface area contributed by atoms with Crippen LogP contribution in [0.5, 0.6) is 0 Å². The molecule has 3 unspecified atom stereocenters. The Hall–Kier alpha value is -0.530. The second kappa shape index (κ2) is 4.38. The van der Waals surface area contributed by atoms with Gasteiger partial charge in [-0.3, -0.25) is 4.79 Å². The van der Waals surface area contributed by atoms with E-state index >= 15 is 0 Å². The van der Waals surface area contributed by atoms with Crippen molar-refractivity contribution in [3.05, 3.63) is 0 Å². The van der Waals surface area contributed by atoms with Crippen molar-refractivity contribution in [3.63, 3.8) is 0 Å². The summed E-state index contributed by atoms with van der Waals surface area (Å²) in [5, 5.41) is 3.22. The summed E-state index contributed by atoms with van der Waals surface area (Å²) in [7, 11) is 0. The molecule has 1 saturated heterocycles. The topological polar surface area (TPSA) is 29.1 Å². The van der Waals surface area contributed by atoms with Crippen LogP contribution in [0.1, 0.15) is 59.3 Å². The van der Waals surface area contributed by atoms with E-state index in [0.29, 0.717) is 23.3 Å². The van der Waals surface area contributed by atoms with Crippen molar-refractivity contribution < 1.29 is 4.79 Å². The van der Waals surface area contributed by atoms with E-state index in [-0.39, 0.29) is 0 Å². The van der Waals surface area contributed by atoms with Crippen molar-refractivity contribution >= 4 is 5.91 Å². The molecule has 1 amide bonds. The summed E-state index contributed by atoms with van der Waals surface area (Å²) >= 11 is 0. The summed E-state index contributed by atoms with van der Waals surface area (Å²) in [5.41, 5.74) is 0.321. The Morgan fingerprint density at radius 1 is 1.50 bits per heavy atom. The molecule has 1 aliphatic heterocycles. The normalized spacial score (nSPS) is 38.6. The molecule has 1 N–H and O–H groups in total. The average molecular weight is 223 g/mol. The number of carbonyl (C=O) groups is 1. The van der Waals surface area contributed by atoms with Gasteiger partial charge in [0.1, 0.15) is 0 Å². The molecule has 0 aromatic carbocycles. The molecular formula is C14H25NO. The molecule has 0 bridgehead atoms. The van der Waals surface area contributed by atoms with E-state index in [1.165, 1.54) is 25.7 Å². The molecule has 2 fully saturated rings. The van der Waals surface area contributed by atoms with Crippen LogP contribution in [0.3, 0.4) is 0 Å². The van der Waals surface area contributed by atoms with Crippen LogP contribution in [0.25, 0.3) is 0 Å². The summed E-state index contributed by atoms with van der Waals surface area (Å²) < 4.78 is 0. The third kappa shape index (κ3) is 2.11. The Balaban J connectivity index is 2.09. The standard InChI is InChI=1S/C14H25NO/c1-4-11-5-6-14(8-11)9-13(16)15-12(14)7-10(2)3/h10-12H,4-9H2,1-3H3,(H,15,16). The van der Waals surface area contributed by atoms with Gasteiger partial charge in [0, 0.05) is 12.5 Å². The molecule has 0 radical (unpaired) electrons. The van der Waals surface area contributed by atoms with E-state index in [0.717, 1.165) is 18.8 Å². The lowest BCUT2D eigenvalue weighted by Gasteiger charge is -2.31. The predicted octanol–water partition coefficient (Wildman–Crippen LogP) is 3.12. The number of hydrogen-bond donors (Lipinski definition) is 1. The number of nitrogens with one attached hydrogen (secondary N) is 1. The summed E-state index contributed by atoms with van der Waals surface area (Å²) in [6.07, 6.45) is 7.11. The van der Waals surface area contributed by atoms with Crippen LogP contribution in [0.2, 0.25) is 0 Å². The zero-order valence-electron chi connectivity index (χ0n) is 10.9. The smallest absolute Gasteiger partial charge is 0.220 e. The lowest BCUT2D eigenvalue weighted by atomic mass is 9.75. The zero-order chi connectivity index (χ0) is 11.8. The quantitative estimate of drug-likeness (QED) is 0.782. The first-order valence-corrected chi connectivity index (χ1v) is 6.85. The fraction of sp³-hybridized carbons (Fsp3) is 0.929. The predicted molar refractivity (Wildman–Crippen MR) is 66.1 cm³/mol. The van der Waals surface area contributed by atoms with Crippen LogP contribution in [0, 0.1) is 17.3 Å². The highest BCUT2D eigenvalue weighted by atomic mass is 16.2. The van der Waals surface area contributed by atoms with Crippen LogP contribution in [-0.2, 0) is 4.79 Å². The first-order valence-electron chi connectivity index (χ1n) is 6.85. The maximum atomic E-state index is 11.7. The average Bonchev–Trinajstić information content (AvgIpc) is 2.72. The minimum atomic E-state index is 0.294. The Labute approximate surface area is 99.2 Å². The van der Waals surface area contributed by atoms with Gasteiger partial charge in [-0.25, -0.2) is 0 Å². The van der Waals surface area contributed by atoms with Gasteiger partial charge in [-0.15, -0.1) is 0 Å². The minimum Gasteiger partial charge on any atom is -0.353 e. The third-order valence-electron chi connectivity index (χ3n) is 4.62. The van der Waals surface area contributed by atoms with E-state index in [9.17, 15) is 4.79 Å². The molecule has 16 heavy (non-hydrogen) atoms. The third-order valence-corrected chi connectivity index (χ3v) is 4.62. The fourth-order valence-corrected chi connectivity index (χ4v) is 3.72. The second-order valence-electron chi connectivity index (χ2n) is 6.31. The maximum absolute atomic E-state index is 11.7. The van der Waals surface area contributed by atoms with Crippen molar-refractivity contribution in [1.29, 1.82) is 0 Å². The molecule has 1 aliphatic carbocycles.